The summed E-state index contributed by atoms with van der Waals surface area (Å²) in [6.07, 6.45) is 28.3. The highest BCUT2D eigenvalue weighted by molar-refractivity contribution is 6.60. The van der Waals surface area contributed by atoms with Gasteiger partial charge in [0.05, 0.1) is 126 Å². The first-order valence-corrected chi connectivity index (χ1v) is 28.2. The van der Waals surface area contributed by atoms with Crippen LogP contribution in [0.15, 0.2) is 0 Å². The van der Waals surface area contributed by atoms with Crippen molar-refractivity contribution in [1.29, 1.82) is 0 Å². The second kappa shape index (κ2) is 56.8. The van der Waals surface area contributed by atoms with Gasteiger partial charge in [0.25, 0.3) is 0 Å². The summed E-state index contributed by atoms with van der Waals surface area (Å²) in [6.45, 7) is 13.1. The number of carbonyl (C=O) groups is 1. The van der Waals surface area contributed by atoms with Crippen molar-refractivity contribution >= 4 is 14.8 Å². The largest absolute Gasteiger partial charge is 0.500 e. The molecule has 0 amide bonds. The monoisotopic (exact) mass is 971 g/mol. The lowest BCUT2D eigenvalue weighted by Gasteiger charge is -2.24. The van der Waals surface area contributed by atoms with Gasteiger partial charge in [-0.05, 0) is 19.3 Å². The number of esters is 1. The van der Waals surface area contributed by atoms with Crippen LogP contribution in [0.1, 0.15) is 155 Å². The molecule has 0 aliphatic rings. The molecule has 0 rings (SSSR count). The van der Waals surface area contributed by atoms with Crippen LogP contribution in [0.3, 0.4) is 0 Å². The molecule has 0 aliphatic carbocycles. The maximum absolute atomic E-state index is 12.0. The Morgan fingerprint density at radius 3 is 0.833 bits per heavy atom. The van der Waals surface area contributed by atoms with Gasteiger partial charge in [-0.15, -0.1) is 0 Å². The Bertz CT molecular complexity index is 913. The van der Waals surface area contributed by atoms with E-state index in [2.05, 4.69) is 6.92 Å². The number of ether oxygens (including phenoxy) is 11. The van der Waals surface area contributed by atoms with Crippen LogP contribution in [0.2, 0.25) is 6.04 Å². The molecule has 0 radical (unpaired) electrons. The average Bonchev–Trinajstić information content (AvgIpc) is 3.33. The summed E-state index contributed by atoms with van der Waals surface area (Å²) < 4.78 is 77.2. The summed E-state index contributed by atoms with van der Waals surface area (Å²) in [5, 5.41) is 0. The van der Waals surface area contributed by atoms with Crippen molar-refractivity contribution in [3.8, 4) is 0 Å². The van der Waals surface area contributed by atoms with Gasteiger partial charge in [-0.2, -0.15) is 0 Å². The van der Waals surface area contributed by atoms with Crippen LogP contribution >= 0.6 is 0 Å². The van der Waals surface area contributed by atoms with E-state index in [4.69, 9.17) is 65.4 Å². The van der Waals surface area contributed by atoms with Gasteiger partial charge in [0.2, 0.25) is 0 Å². The Morgan fingerprint density at radius 2 is 0.530 bits per heavy atom. The van der Waals surface area contributed by atoms with Gasteiger partial charge in [-0.1, -0.05) is 129 Å². The average molecular weight is 971 g/mol. The zero-order valence-electron chi connectivity index (χ0n) is 42.9. The van der Waals surface area contributed by atoms with Gasteiger partial charge >= 0.3 is 14.8 Å². The molecule has 0 atom stereocenters. The van der Waals surface area contributed by atoms with Gasteiger partial charge in [0, 0.05) is 40.4 Å². The highest BCUT2D eigenvalue weighted by Gasteiger charge is 2.36. The maximum Gasteiger partial charge on any atom is 0.500 e. The van der Waals surface area contributed by atoms with E-state index in [-0.39, 0.29) is 12.6 Å². The van der Waals surface area contributed by atoms with E-state index in [1.807, 2.05) is 0 Å². The van der Waals surface area contributed by atoms with Gasteiger partial charge < -0.3 is 65.4 Å². The van der Waals surface area contributed by atoms with Crippen molar-refractivity contribution in [1.82, 2.24) is 0 Å². The summed E-state index contributed by atoms with van der Waals surface area (Å²) in [7, 11) is 2.63. The molecule has 0 saturated heterocycles. The first kappa shape index (κ1) is 65.2. The van der Waals surface area contributed by atoms with Crippen molar-refractivity contribution in [2.75, 3.05) is 160 Å². The molecule has 0 bridgehead atoms. The molecule has 0 aromatic rings. The molecular weight excluding hydrogens is 869 g/mol. The molecular formula is C50H102O15Si. The first-order valence-electron chi connectivity index (χ1n) is 26.2. The minimum absolute atomic E-state index is 0.146. The second-order valence-corrected chi connectivity index (χ2v) is 19.7. The highest BCUT2D eigenvalue weighted by Crippen LogP contribution is 2.19. The van der Waals surface area contributed by atoms with E-state index in [1.54, 1.807) is 21.3 Å². The topological polar surface area (TPSA) is 146 Å². The molecule has 0 aromatic heterocycles. The zero-order chi connectivity index (χ0) is 47.8. The standard InChI is InChI=1S/C50H102O15Si/c1-5-6-7-8-9-10-16-19-22-25-28-55-29-30-56-31-32-57-33-34-58-35-36-59-37-38-60-39-40-61-41-42-62-43-44-63-45-46-64-47-48-65-50(51)27-24-21-18-15-13-11-12-14-17-20-23-26-49-66(52-2,53-3)54-4/h5-49H2,1-4H3. The highest BCUT2D eigenvalue weighted by atomic mass is 28.4. The molecule has 0 fully saturated rings. The van der Waals surface area contributed by atoms with Crippen LogP contribution in [0.4, 0.5) is 0 Å². The van der Waals surface area contributed by atoms with Crippen LogP contribution < -0.4 is 0 Å². The molecule has 0 aliphatic heterocycles. The molecule has 0 N–H and O–H groups in total. The number of rotatable bonds is 59. The maximum atomic E-state index is 12.0. The van der Waals surface area contributed by atoms with Crippen molar-refractivity contribution in [3.63, 3.8) is 0 Å². The van der Waals surface area contributed by atoms with E-state index in [9.17, 15) is 4.79 Å². The lowest BCUT2D eigenvalue weighted by atomic mass is 10.0. The normalized spacial score (nSPS) is 11.9. The summed E-state index contributed by atoms with van der Waals surface area (Å²) in [4.78, 5) is 12.0. The summed E-state index contributed by atoms with van der Waals surface area (Å²) in [6, 6.07) is 0.887. The van der Waals surface area contributed by atoms with Crippen LogP contribution in [0, 0.1) is 0 Å². The lowest BCUT2D eigenvalue weighted by molar-refractivity contribution is -0.145. The first-order chi connectivity index (χ1) is 32.6. The fourth-order valence-corrected chi connectivity index (χ4v) is 8.79. The summed E-state index contributed by atoms with van der Waals surface area (Å²) >= 11 is 0. The van der Waals surface area contributed by atoms with E-state index >= 15 is 0 Å². The predicted molar refractivity (Wildman–Crippen MR) is 263 cm³/mol. The van der Waals surface area contributed by atoms with Crippen molar-refractivity contribution in [2.24, 2.45) is 0 Å². The van der Waals surface area contributed by atoms with E-state index in [0.717, 1.165) is 38.3 Å². The van der Waals surface area contributed by atoms with Crippen LogP contribution in [0.25, 0.3) is 0 Å². The van der Waals surface area contributed by atoms with E-state index in [0.29, 0.717) is 132 Å². The Balaban J connectivity index is 3.17. The van der Waals surface area contributed by atoms with Crippen molar-refractivity contribution < 1.29 is 70.2 Å². The Labute approximate surface area is 404 Å². The van der Waals surface area contributed by atoms with Crippen LogP contribution in [-0.4, -0.2) is 175 Å². The van der Waals surface area contributed by atoms with Crippen LogP contribution in [0.5, 0.6) is 0 Å². The molecule has 15 nitrogen and oxygen atoms in total. The third-order valence-electron chi connectivity index (χ3n) is 11.0. The molecule has 0 unspecified atom stereocenters. The van der Waals surface area contributed by atoms with Crippen molar-refractivity contribution in [3.05, 3.63) is 0 Å². The molecule has 0 aromatic carbocycles. The van der Waals surface area contributed by atoms with Crippen molar-refractivity contribution in [2.45, 2.75) is 161 Å². The van der Waals surface area contributed by atoms with Gasteiger partial charge in [-0.25, -0.2) is 0 Å². The zero-order valence-corrected chi connectivity index (χ0v) is 43.9. The summed E-state index contributed by atoms with van der Waals surface area (Å²) in [5.41, 5.74) is 0. The lowest BCUT2D eigenvalue weighted by Crippen LogP contribution is -2.42. The van der Waals surface area contributed by atoms with Gasteiger partial charge in [0.15, 0.2) is 0 Å². The fourth-order valence-electron chi connectivity index (χ4n) is 6.99. The number of hydrogen-bond donors (Lipinski definition) is 0. The summed E-state index contributed by atoms with van der Waals surface area (Å²) in [5.74, 6) is -0.146. The minimum atomic E-state index is -2.40. The Hall–Kier alpha value is -0.833. The molecule has 396 valence electrons. The third-order valence-corrected chi connectivity index (χ3v) is 13.9. The molecule has 0 spiro atoms. The van der Waals surface area contributed by atoms with E-state index < -0.39 is 8.80 Å². The molecule has 66 heavy (non-hydrogen) atoms. The third kappa shape index (κ3) is 51.0. The second-order valence-electron chi connectivity index (χ2n) is 16.6. The predicted octanol–water partition coefficient (Wildman–Crippen LogP) is 9.57. The Morgan fingerprint density at radius 1 is 0.288 bits per heavy atom. The van der Waals surface area contributed by atoms with Gasteiger partial charge in [-0.3, -0.25) is 4.79 Å². The molecule has 16 heteroatoms. The molecule has 0 saturated carbocycles. The fraction of sp³-hybridized carbons (Fsp3) is 0.980. The molecule has 0 heterocycles. The van der Waals surface area contributed by atoms with Gasteiger partial charge in [0.1, 0.15) is 6.61 Å². The number of hydrogen-bond acceptors (Lipinski definition) is 15. The Kier molecular flexibility index (Phi) is 56.0. The quantitative estimate of drug-likeness (QED) is 0.0324. The number of carbonyl (C=O) groups excluding carboxylic acids is 1. The van der Waals surface area contributed by atoms with Crippen LogP contribution in [-0.2, 0) is 70.2 Å². The van der Waals surface area contributed by atoms with E-state index in [1.165, 1.54) is 116 Å². The smallest absolute Gasteiger partial charge is 0.463 e. The number of unbranched alkanes of at least 4 members (excludes halogenated alkanes) is 20. The minimum Gasteiger partial charge on any atom is -0.463 e. The SMILES string of the molecule is CCCCCCCCCCCCOCCOCCOCCOCCOCCOCCOCCOCCOCCOCCOC(=O)CCCCCCCCCCCCCC[Si](OC)(OC)OC.